The summed E-state index contributed by atoms with van der Waals surface area (Å²) >= 11 is 6.19. The number of fused-ring (bicyclic) bond motifs is 3. The fourth-order valence-electron chi connectivity index (χ4n) is 2.16. The predicted molar refractivity (Wildman–Crippen MR) is 64.0 cm³/mol. The van der Waals surface area contributed by atoms with Crippen molar-refractivity contribution in [2.24, 2.45) is 0 Å². The van der Waals surface area contributed by atoms with E-state index in [1.165, 1.54) is 0 Å². The molecule has 0 fully saturated rings. The topological polar surface area (TPSA) is 29.5 Å². The highest BCUT2D eigenvalue weighted by atomic mass is 35.5. The van der Waals surface area contributed by atoms with Crippen LogP contribution in [0.3, 0.4) is 0 Å². The predicted octanol–water partition coefficient (Wildman–Crippen LogP) is 3.31. The Labute approximate surface area is 98.4 Å². The molecule has 3 heteroatoms. The number of aliphatic hydroxyl groups is 1. The molecule has 2 aromatic rings. The van der Waals surface area contributed by atoms with Gasteiger partial charge in [-0.1, -0.05) is 35.9 Å². The van der Waals surface area contributed by atoms with Gasteiger partial charge in [-0.2, -0.15) is 0 Å². The number of hydrogen-bond acceptors (Lipinski definition) is 2. The molecule has 16 heavy (non-hydrogen) atoms. The second kappa shape index (κ2) is 3.65. The van der Waals surface area contributed by atoms with Crippen LogP contribution in [0.25, 0.3) is 10.8 Å². The van der Waals surface area contributed by atoms with Crippen molar-refractivity contribution in [1.29, 1.82) is 0 Å². The summed E-state index contributed by atoms with van der Waals surface area (Å²) in [6.07, 6.45) is 0.160. The zero-order valence-corrected chi connectivity index (χ0v) is 9.37. The van der Waals surface area contributed by atoms with Gasteiger partial charge in [0, 0.05) is 27.8 Å². The second-order valence-electron chi connectivity index (χ2n) is 3.98. The molecular weight excluding hydrogens is 224 g/mol. The first-order chi connectivity index (χ1) is 7.77. The van der Waals surface area contributed by atoms with E-state index in [0.717, 1.165) is 22.1 Å². The van der Waals surface area contributed by atoms with Crippen LogP contribution in [0.15, 0.2) is 30.3 Å². The lowest BCUT2D eigenvalue weighted by atomic mass is 9.98. The van der Waals surface area contributed by atoms with Gasteiger partial charge in [-0.3, -0.25) is 0 Å². The first-order valence-corrected chi connectivity index (χ1v) is 5.67. The smallest absolute Gasteiger partial charge is 0.133 e. The van der Waals surface area contributed by atoms with Gasteiger partial charge in [-0.15, -0.1) is 0 Å². The van der Waals surface area contributed by atoms with Crippen LogP contribution >= 0.6 is 11.6 Å². The van der Waals surface area contributed by atoms with Gasteiger partial charge in [-0.05, 0) is 6.07 Å². The molecule has 2 aromatic carbocycles. The van der Waals surface area contributed by atoms with Crippen molar-refractivity contribution in [2.45, 2.75) is 12.5 Å². The molecule has 0 aromatic heterocycles. The zero-order chi connectivity index (χ0) is 11.1. The Morgan fingerprint density at radius 1 is 1.25 bits per heavy atom. The normalized spacial score (nSPS) is 19.2. The fourth-order valence-corrected chi connectivity index (χ4v) is 2.44. The lowest BCUT2D eigenvalue weighted by Gasteiger charge is -2.24. The molecule has 1 unspecified atom stereocenters. The van der Waals surface area contributed by atoms with Crippen LogP contribution in [0.5, 0.6) is 5.75 Å². The van der Waals surface area contributed by atoms with Crippen molar-refractivity contribution < 1.29 is 9.84 Å². The average Bonchev–Trinajstić information content (AvgIpc) is 2.31. The summed E-state index contributed by atoms with van der Waals surface area (Å²) in [5, 5.41) is 12.5. The highest BCUT2D eigenvalue weighted by Crippen LogP contribution is 2.41. The van der Waals surface area contributed by atoms with E-state index in [0.29, 0.717) is 18.1 Å². The van der Waals surface area contributed by atoms with Crippen molar-refractivity contribution in [1.82, 2.24) is 0 Å². The van der Waals surface area contributed by atoms with E-state index in [1.807, 2.05) is 30.3 Å². The molecule has 1 heterocycles. The molecule has 0 saturated carbocycles. The van der Waals surface area contributed by atoms with Crippen LogP contribution in [0.4, 0.5) is 0 Å². The second-order valence-corrected chi connectivity index (χ2v) is 4.38. The van der Waals surface area contributed by atoms with E-state index in [-0.39, 0.29) is 0 Å². The zero-order valence-electron chi connectivity index (χ0n) is 8.61. The molecular formula is C13H11ClO2. The molecule has 0 amide bonds. The summed E-state index contributed by atoms with van der Waals surface area (Å²) in [7, 11) is 0. The van der Waals surface area contributed by atoms with Gasteiger partial charge in [0.15, 0.2) is 0 Å². The van der Waals surface area contributed by atoms with Gasteiger partial charge in [-0.25, -0.2) is 0 Å². The van der Waals surface area contributed by atoms with Gasteiger partial charge in [0.1, 0.15) is 5.75 Å². The van der Waals surface area contributed by atoms with Crippen molar-refractivity contribution >= 4 is 22.4 Å². The number of ether oxygens (including phenoxy) is 1. The van der Waals surface area contributed by atoms with Gasteiger partial charge in [0.05, 0.1) is 12.7 Å². The fraction of sp³-hybridized carbons (Fsp3) is 0.231. The molecule has 1 N–H and O–H groups in total. The van der Waals surface area contributed by atoms with Crippen molar-refractivity contribution in [2.75, 3.05) is 6.61 Å². The number of hydrogen-bond donors (Lipinski definition) is 1. The van der Waals surface area contributed by atoms with E-state index >= 15 is 0 Å². The monoisotopic (exact) mass is 234 g/mol. The summed E-state index contributed by atoms with van der Waals surface area (Å²) in [5.41, 5.74) is 0.801. The van der Waals surface area contributed by atoms with Crippen LogP contribution in [0.1, 0.15) is 18.1 Å². The van der Waals surface area contributed by atoms with Gasteiger partial charge in [0.2, 0.25) is 0 Å². The number of rotatable bonds is 0. The summed E-state index contributed by atoms with van der Waals surface area (Å²) in [4.78, 5) is 0. The standard InChI is InChI=1S/C13H11ClO2/c14-11-7-10-12(15)5-6-16-13(10)9-4-2-1-3-8(9)11/h1-4,7,12,15H,5-6H2. The molecule has 1 atom stereocenters. The Kier molecular flexibility index (Phi) is 2.27. The molecule has 1 aliphatic rings. The van der Waals surface area contributed by atoms with Crippen LogP contribution in [-0.2, 0) is 0 Å². The Morgan fingerprint density at radius 2 is 2.00 bits per heavy atom. The van der Waals surface area contributed by atoms with E-state index in [1.54, 1.807) is 0 Å². The largest absolute Gasteiger partial charge is 0.492 e. The van der Waals surface area contributed by atoms with Gasteiger partial charge in [0.25, 0.3) is 0 Å². The molecule has 0 saturated heterocycles. The summed E-state index contributed by atoms with van der Waals surface area (Å²) in [6, 6.07) is 9.63. The molecule has 0 bridgehead atoms. The Morgan fingerprint density at radius 3 is 2.81 bits per heavy atom. The third-order valence-corrected chi connectivity index (χ3v) is 3.28. The maximum Gasteiger partial charge on any atom is 0.133 e. The number of benzene rings is 2. The van der Waals surface area contributed by atoms with E-state index in [9.17, 15) is 5.11 Å². The molecule has 2 nitrogen and oxygen atoms in total. The maximum absolute atomic E-state index is 9.91. The highest BCUT2D eigenvalue weighted by Gasteiger charge is 2.22. The molecule has 0 spiro atoms. The van der Waals surface area contributed by atoms with Gasteiger partial charge < -0.3 is 9.84 Å². The first kappa shape index (κ1) is 9.94. The number of halogens is 1. The molecule has 1 aliphatic heterocycles. The van der Waals surface area contributed by atoms with Crippen LogP contribution in [0, 0.1) is 0 Å². The molecule has 0 aliphatic carbocycles. The quantitative estimate of drug-likeness (QED) is 0.758. The number of aliphatic hydroxyl groups excluding tert-OH is 1. The molecule has 0 radical (unpaired) electrons. The highest BCUT2D eigenvalue weighted by molar-refractivity contribution is 6.36. The van der Waals surface area contributed by atoms with Crippen LogP contribution in [-0.4, -0.2) is 11.7 Å². The summed E-state index contributed by atoms with van der Waals surface area (Å²) in [5.74, 6) is 0.777. The lowest BCUT2D eigenvalue weighted by molar-refractivity contribution is 0.116. The molecule has 82 valence electrons. The summed E-state index contributed by atoms with van der Waals surface area (Å²) < 4.78 is 5.64. The first-order valence-electron chi connectivity index (χ1n) is 5.29. The van der Waals surface area contributed by atoms with Crippen molar-refractivity contribution in [3.8, 4) is 5.75 Å². The van der Waals surface area contributed by atoms with E-state index in [4.69, 9.17) is 16.3 Å². The third kappa shape index (κ3) is 1.38. The van der Waals surface area contributed by atoms with E-state index < -0.39 is 6.10 Å². The minimum Gasteiger partial charge on any atom is -0.492 e. The minimum absolute atomic E-state index is 0.467. The Bertz CT molecular complexity index is 551. The lowest BCUT2D eigenvalue weighted by Crippen LogP contribution is -2.14. The van der Waals surface area contributed by atoms with Crippen molar-refractivity contribution in [3.05, 3.63) is 40.9 Å². The average molecular weight is 235 g/mol. The SMILES string of the molecule is OC1CCOc2c1cc(Cl)c1ccccc21. The van der Waals surface area contributed by atoms with Crippen LogP contribution in [0.2, 0.25) is 5.02 Å². The maximum atomic E-state index is 9.91. The minimum atomic E-state index is -0.467. The van der Waals surface area contributed by atoms with E-state index in [2.05, 4.69) is 0 Å². The van der Waals surface area contributed by atoms with Crippen molar-refractivity contribution in [3.63, 3.8) is 0 Å². The summed E-state index contributed by atoms with van der Waals surface area (Å²) in [6.45, 7) is 0.555. The Hall–Kier alpha value is -1.25. The third-order valence-electron chi connectivity index (χ3n) is 2.97. The van der Waals surface area contributed by atoms with Gasteiger partial charge >= 0.3 is 0 Å². The molecule has 3 rings (SSSR count). The Balaban J connectivity index is 2.38. The van der Waals surface area contributed by atoms with Crippen LogP contribution < -0.4 is 4.74 Å².